The van der Waals surface area contributed by atoms with Crippen LogP contribution in [0.5, 0.6) is 0 Å². The number of aromatic nitrogens is 2. The first-order valence-corrected chi connectivity index (χ1v) is 7.67. The summed E-state index contributed by atoms with van der Waals surface area (Å²) >= 11 is 1.67. The minimum absolute atomic E-state index is 0.797. The van der Waals surface area contributed by atoms with E-state index in [9.17, 15) is 0 Å². The molecule has 0 saturated heterocycles. The maximum atomic E-state index is 4.30. The number of pyridine rings is 1. The van der Waals surface area contributed by atoms with E-state index in [2.05, 4.69) is 57.7 Å². The smallest absolute Gasteiger partial charge is 0.0813 e. The number of nitrogens with one attached hydrogen (secondary N) is 1. The minimum atomic E-state index is 0.797. The van der Waals surface area contributed by atoms with Gasteiger partial charge in [-0.05, 0) is 35.2 Å². The molecule has 2 heterocycles. The van der Waals surface area contributed by atoms with Gasteiger partial charge in [-0.1, -0.05) is 18.2 Å². The lowest BCUT2D eigenvalue weighted by Gasteiger charge is -2.09. The number of benzene rings is 2. The Labute approximate surface area is 126 Å². The van der Waals surface area contributed by atoms with Gasteiger partial charge in [-0.3, -0.25) is 4.98 Å². The van der Waals surface area contributed by atoms with Crippen molar-refractivity contribution >= 4 is 38.0 Å². The molecule has 0 radical (unpaired) electrons. The zero-order valence-electron chi connectivity index (χ0n) is 11.3. The summed E-state index contributed by atoms with van der Waals surface area (Å²) in [6, 6.07) is 14.7. The first-order valence-electron chi connectivity index (χ1n) is 6.79. The highest BCUT2D eigenvalue weighted by atomic mass is 32.1. The Morgan fingerprint density at radius 2 is 2.10 bits per heavy atom. The summed E-state index contributed by atoms with van der Waals surface area (Å²) in [6.45, 7) is 0.797. The van der Waals surface area contributed by atoms with Crippen molar-refractivity contribution in [3.63, 3.8) is 0 Å². The molecule has 3 nitrogen and oxygen atoms in total. The lowest BCUT2D eigenvalue weighted by atomic mass is 10.1. The van der Waals surface area contributed by atoms with E-state index in [0.29, 0.717) is 0 Å². The van der Waals surface area contributed by atoms with Crippen molar-refractivity contribution in [2.24, 2.45) is 0 Å². The Balaban J connectivity index is 1.63. The summed E-state index contributed by atoms with van der Waals surface area (Å²) in [5.74, 6) is 0. The highest BCUT2D eigenvalue weighted by Crippen LogP contribution is 2.23. The van der Waals surface area contributed by atoms with Crippen LogP contribution in [0.15, 0.2) is 60.4 Å². The number of fused-ring (bicyclic) bond motifs is 2. The van der Waals surface area contributed by atoms with Crippen LogP contribution in [-0.4, -0.2) is 9.97 Å². The van der Waals surface area contributed by atoms with Crippen molar-refractivity contribution in [2.45, 2.75) is 6.54 Å². The van der Waals surface area contributed by atoms with Gasteiger partial charge in [0.25, 0.3) is 0 Å². The van der Waals surface area contributed by atoms with E-state index in [1.165, 1.54) is 21.0 Å². The Hall–Kier alpha value is -2.46. The van der Waals surface area contributed by atoms with E-state index in [1.807, 2.05) is 17.9 Å². The van der Waals surface area contributed by atoms with Crippen molar-refractivity contribution in [2.75, 3.05) is 5.32 Å². The molecule has 4 rings (SSSR count). The number of nitrogens with zero attached hydrogens (tertiary/aromatic N) is 2. The van der Waals surface area contributed by atoms with Gasteiger partial charge in [0.15, 0.2) is 0 Å². The van der Waals surface area contributed by atoms with Gasteiger partial charge < -0.3 is 5.32 Å². The van der Waals surface area contributed by atoms with E-state index in [1.54, 1.807) is 11.3 Å². The summed E-state index contributed by atoms with van der Waals surface area (Å²) in [6.07, 6.45) is 3.75. The Morgan fingerprint density at radius 3 is 3.10 bits per heavy atom. The second-order valence-electron chi connectivity index (χ2n) is 4.90. The number of anilines is 1. The molecule has 0 aliphatic rings. The average Bonchev–Trinajstić information content (AvgIpc) is 3.00. The van der Waals surface area contributed by atoms with Crippen LogP contribution in [0.2, 0.25) is 0 Å². The van der Waals surface area contributed by atoms with Gasteiger partial charge in [0.2, 0.25) is 0 Å². The second kappa shape index (κ2) is 5.14. The molecule has 0 atom stereocenters. The molecule has 0 aliphatic heterocycles. The van der Waals surface area contributed by atoms with Crippen LogP contribution in [0, 0.1) is 0 Å². The summed E-state index contributed by atoms with van der Waals surface area (Å²) in [4.78, 5) is 8.48. The third-order valence-corrected chi connectivity index (χ3v) is 4.38. The molecular formula is C17H13N3S. The molecular weight excluding hydrogens is 278 g/mol. The number of hydrogen-bond acceptors (Lipinski definition) is 4. The fourth-order valence-corrected chi connectivity index (χ4v) is 3.22. The average molecular weight is 291 g/mol. The molecule has 0 amide bonds. The Kier molecular flexibility index (Phi) is 3.01. The maximum Gasteiger partial charge on any atom is 0.0813 e. The normalized spacial score (nSPS) is 11.0. The first-order chi connectivity index (χ1) is 10.4. The molecule has 1 N–H and O–H groups in total. The Bertz CT molecular complexity index is 909. The molecule has 4 aromatic rings. The zero-order valence-corrected chi connectivity index (χ0v) is 12.1. The van der Waals surface area contributed by atoms with Gasteiger partial charge in [0.1, 0.15) is 0 Å². The van der Waals surface area contributed by atoms with E-state index < -0.39 is 0 Å². The predicted molar refractivity (Wildman–Crippen MR) is 88.7 cm³/mol. The molecule has 21 heavy (non-hydrogen) atoms. The van der Waals surface area contributed by atoms with Crippen LogP contribution in [0.4, 0.5) is 5.69 Å². The van der Waals surface area contributed by atoms with Gasteiger partial charge in [0.05, 0.1) is 15.7 Å². The summed E-state index contributed by atoms with van der Waals surface area (Å²) < 4.78 is 1.21. The highest BCUT2D eigenvalue weighted by molar-refractivity contribution is 7.16. The van der Waals surface area contributed by atoms with Crippen molar-refractivity contribution in [1.29, 1.82) is 0 Å². The molecule has 0 saturated carbocycles. The topological polar surface area (TPSA) is 37.8 Å². The summed E-state index contributed by atoms with van der Waals surface area (Å²) in [5.41, 5.74) is 5.34. The zero-order chi connectivity index (χ0) is 14.1. The van der Waals surface area contributed by atoms with E-state index in [4.69, 9.17) is 0 Å². The van der Waals surface area contributed by atoms with Gasteiger partial charge >= 0.3 is 0 Å². The van der Waals surface area contributed by atoms with Crippen LogP contribution in [0.25, 0.3) is 21.0 Å². The monoisotopic (exact) mass is 291 g/mol. The Morgan fingerprint density at radius 1 is 1.10 bits per heavy atom. The minimum Gasteiger partial charge on any atom is -0.381 e. The van der Waals surface area contributed by atoms with Gasteiger partial charge in [-0.2, -0.15) is 0 Å². The molecule has 4 heteroatoms. The van der Waals surface area contributed by atoms with Gasteiger partial charge in [-0.25, -0.2) is 4.98 Å². The molecule has 2 aromatic carbocycles. The molecule has 0 spiro atoms. The fraction of sp³-hybridized carbons (Fsp3) is 0.0588. The second-order valence-corrected chi connectivity index (χ2v) is 5.79. The first kappa shape index (κ1) is 12.3. The summed E-state index contributed by atoms with van der Waals surface area (Å²) in [5, 5.41) is 5.92. The van der Waals surface area contributed by atoms with Crippen LogP contribution in [0.1, 0.15) is 5.56 Å². The largest absolute Gasteiger partial charge is 0.381 e. The van der Waals surface area contributed by atoms with Crippen molar-refractivity contribution in [1.82, 2.24) is 9.97 Å². The third-order valence-electron chi connectivity index (χ3n) is 3.59. The molecule has 2 aromatic heterocycles. The third kappa shape index (κ3) is 2.34. The van der Waals surface area contributed by atoms with Crippen molar-refractivity contribution in [3.05, 3.63) is 65.9 Å². The van der Waals surface area contributed by atoms with Crippen LogP contribution in [-0.2, 0) is 6.54 Å². The van der Waals surface area contributed by atoms with Crippen molar-refractivity contribution < 1.29 is 0 Å². The number of rotatable bonds is 3. The SMILES string of the molecule is c1cc(CNc2ccc3ncsc3c2)c2ccncc2c1. The fourth-order valence-electron chi connectivity index (χ4n) is 2.51. The van der Waals surface area contributed by atoms with Gasteiger partial charge in [0, 0.05) is 30.0 Å². The van der Waals surface area contributed by atoms with E-state index >= 15 is 0 Å². The summed E-state index contributed by atoms with van der Waals surface area (Å²) in [7, 11) is 0. The molecule has 0 unspecified atom stereocenters. The molecule has 102 valence electrons. The highest BCUT2D eigenvalue weighted by Gasteiger charge is 2.02. The molecule has 0 bridgehead atoms. The molecule has 0 fully saturated rings. The van der Waals surface area contributed by atoms with Crippen LogP contribution >= 0.6 is 11.3 Å². The lowest BCUT2D eigenvalue weighted by Crippen LogP contribution is -1.99. The van der Waals surface area contributed by atoms with E-state index in [-0.39, 0.29) is 0 Å². The molecule has 0 aliphatic carbocycles. The van der Waals surface area contributed by atoms with Crippen molar-refractivity contribution in [3.8, 4) is 0 Å². The lowest BCUT2D eigenvalue weighted by molar-refractivity contribution is 1.17. The number of hydrogen-bond donors (Lipinski definition) is 1. The predicted octanol–water partition coefficient (Wildman–Crippen LogP) is 4.46. The maximum absolute atomic E-state index is 4.30. The quantitative estimate of drug-likeness (QED) is 0.605. The van der Waals surface area contributed by atoms with E-state index in [0.717, 1.165) is 17.7 Å². The van der Waals surface area contributed by atoms with Gasteiger partial charge in [-0.15, -0.1) is 11.3 Å². The number of thiazole rings is 1. The van der Waals surface area contributed by atoms with Crippen LogP contribution in [0.3, 0.4) is 0 Å². The standard InChI is InChI=1S/C17H13N3S/c1-2-12-9-18-7-6-15(12)13(3-1)10-19-14-4-5-16-17(8-14)21-11-20-16/h1-9,11,19H,10H2. The van der Waals surface area contributed by atoms with Crippen LogP contribution < -0.4 is 5.32 Å².